The third kappa shape index (κ3) is 6.21. The quantitative estimate of drug-likeness (QED) is 0.398. The van der Waals surface area contributed by atoms with E-state index < -0.39 is 54.9 Å². The van der Waals surface area contributed by atoms with Gasteiger partial charge in [-0.3, -0.25) is 10.6 Å². The van der Waals surface area contributed by atoms with Crippen LogP contribution in [-0.2, 0) is 9.47 Å². The lowest BCUT2D eigenvalue weighted by Crippen LogP contribution is -2.70. The fourth-order valence-electron chi connectivity index (χ4n) is 4.67. The van der Waals surface area contributed by atoms with Gasteiger partial charge in [0, 0.05) is 19.2 Å². The lowest BCUT2D eigenvalue weighted by Gasteiger charge is -2.45. The molecule has 0 amide bonds. The van der Waals surface area contributed by atoms with Crippen molar-refractivity contribution in [2.75, 3.05) is 13.7 Å². The summed E-state index contributed by atoms with van der Waals surface area (Å²) >= 11 is 0. The number of hydrazine groups is 1. The van der Waals surface area contributed by atoms with Gasteiger partial charge in [0.05, 0.1) is 30.7 Å². The van der Waals surface area contributed by atoms with Crippen LogP contribution in [0, 0.1) is 11.8 Å². The Morgan fingerprint density at radius 3 is 2.19 bits per heavy atom. The normalized spacial score (nSPS) is 41.0. The molecule has 4 bridgehead atoms. The molecule has 7 unspecified atom stereocenters. The fourth-order valence-corrected chi connectivity index (χ4v) is 4.67. The maximum Gasteiger partial charge on any atom is 0.395 e. The molecule has 3 rings (SSSR count). The lowest BCUT2D eigenvalue weighted by molar-refractivity contribution is -0.215. The van der Waals surface area contributed by atoms with E-state index in [1.54, 1.807) is 0 Å². The monoisotopic (exact) mass is 463 g/mol. The molecule has 0 aliphatic carbocycles. The minimum atomic E-state index is -4.50. The van der Waals surface area contributed by atoms with Crippen LogP contribution in [0.25, 0.3) is 0 Å². The summed E-state index contributed by atoms with van der Waals surface area (Å²) in [5, 5.41) is 5.88. The molecular formula is C18H31F6N5O2. The number of nitrogens with one attached hydrogen (secondary N) is 4. The molecule has 3 aliphatic heterocycles. The number of alkyl halides is 6. The van der Waals surface area contributed by atoms with Gasteiger partial charge in [-0.15, -0.1) is 0 Å². The van der Waals surface area contributed by atoms with Gasteiger partial charge in [-0.2, -0.15) is 26.3 Å². The standard InChI is InChI=1S/C18H31F6N5O2/c1-30-8-9-5-3-2-4-6-10(17(19,20)21)15-28-29-16(31-15)13-12(25)7-11(18(22,23)24)14(26-9)27-13/h9-16,26-29H,2-8,25H2,1H3/t9?,10-,11?,12?,13?,14?,15?,16?/m1/s1. The van der Waals surface area contributed by atoms with Crippen molar-refractivity contribution in [3.8, 4) is 0 Å². The third-order valence-corrected chi connectivity index (χ3v) is 6.31. The van der Waals surface area contributed by atoms with Crippen LogP contribution in [0.2, 0.25) is 0 Å². The van der Waals surface area contributed by atoms with Gasteiger partial charge in [0.1, 0.15) is 12.5 Å². The van der Waals surface area contributed by atoms with Crippen molar-refractivity contribution < 1.29 is 35.8 Å². The van der Waals surface area contributed by atoms with Crippen molar-refractivity contribution in [1.29, 1.82) is 0 Å². The van der Waals surface area contributed by atoms with Gasteiger partial charge in [0.25, 0.3) is 0 Å². The molecule has 0 aromatic heterocycles. The predicted molar refractivity (Wildman–Crippen MR) is 99.2 cm³/mol. The highest BCUT2D eigenvalue weighted by atomic mass is 19.4. The second kappa shape index (κ2) is 10.1. The van der Waals surface area contributed by atoms with Crippen LogP contribution >= 0.6 is 0 Å². The Hall–Kier alpha value is -0.700. The number of hydrogen-bond acceptors (Lipinski definition) is 7. The van der Waals surface area contributed by atoms with Crippen molar-refractivity contribution >= 4 is 0 Å². The van der Waals surface area contributed by atoms with Crippen LogP contribution in [0.15, 0.2) is 0 Å². The molecule has 0 aromatic rings. The molecule has 13 heteroatoms. The number of fused-ring (bicyclic) bond motifs is 5. The largest absolute Gasteiger partial charge is 0.395 e. The van der Waals surface area contributed by atoms with E-state index in [0.29, 0.717) is 25.7 Å². The molecule has 6 N–H and O–H groups in total. The van der Waals surface area contributed by atoms with Gasteiger partial charge in [0.15, 0.2) is 0 Å². The zero-order valence-corrected chi connectivity index (χ0v) is 17.2. The summed E-state index contributed by atoms with van der Waals surface area (Å²) in [5.41, 5.74) is 11.2. The molecule has 3 aliphatic rings. The first-order valence-corrected chi connectivity index (χ1v) is 10.6. The fraction of sp³-hybridized carbons (Fsp3) is 1.00. The molecule has 0 saturated carbocycles. The van der Waals surface area contributed by atoms with Crippen LogP contribution in [0.1, 0.15) is 38.5 Å². The Kier molecular flexibility index (Phi) is 8.09. The Labute approximate surface area is 177 Å². The summed E-state index contributed by atoms with van der Waals surface area (Å²) < 4.78 is 92.7. The second-order valence-electron chi connectivity index (χ2n) is 8.59. The molecule has 0 aromatic carbocycles. The van der Waals surface area contributed by atoms with Gasteiger partial charge in [-0.25, -0.2) is 10.9 Å². The van der Waals surface area contributed by atoms with E-state index in [0.717, 1.165) is 0 Å². The number of halogens is 6. The summed E-state index contributed by atoms with van der Waals surface area (Å²) in [6.07, 6.45) is -11.1. The van der Waals surface area contributed by atoms with E-state index in [2.05, 4.69) is 21.5 Å². The average molecular weight is 463 g/mol. The minimum Gasteiger partial charge on any atom is -0.383 e. The molecule has 0 spiro atoms. The number of methoxy groups -OCH3 is 1. The molecule has 31 heavy (non-hydrogen) atoms. The van der Waals surface area contributed by atoms with E-state index in [1.165, 1.54) is 7.11 Å². The van der Waals surface area contributed by atoms with Gasteiger partial charge in [0.2, 0.25) is 0 Å². The molecule has 8 atom stereocenters. The zero-order valence-electron chi connectivity index (χ0n) is 17.2. The van der Waals surface area contributed by atoms with E-state index in [-0.39, 0.29) is 25.5 Å². The van der Waals surface area contributed by atoms with Gasteiger partial charge in [-0.1, -0.05) is 19.3 Å². The molecule has 0 radical (unpaired) electrons. The Bertz CT molecular complexity index is 581. The molecule has 3 fully saturated rings. The first-order valence-electron chi connectivity index (χ1n) is 10.6. The summed E-state index contributed by atoms with van der Waals surface area (Å²) in [7, 11) is 1.46. The molecule has 182 valence electrons. The minimum absolute atomic E-state index is 0.110. The third-order valence-electron chi connectivity index (χ3n) is 6.31. The topological polar surface area (TPSA) is 92.6 Å². The number of nitrogens with two attached hydrogens (primary N) is 1. The highest BCUT2D eigenvalue weighted by Gasteiger charge is 2.54. The predicted octanol–water partition coefficient (Wildman–Crippen LogP) is 1.70. The average Bonchev–Trinajstić information content (AvgIpc) is 3.12. The van der Waals surface area contributed by atoms with E-state index in [4.69, 9.17) is 15.2 Å². The van der Waals surface area contributed by atoms with Crippen molar-refractivity contribution in [3.05, 3.63) is 0 Å². The molecular weight excluding hydrogens is 432 g/mol. The zero-order chi connectivity index (χ0) is 22.8. The van der Waals surface area contributed by atoms with Crippen LogP contribution in [0.3, 0.4) is 0 Å². The SMILES string of the molecule is COCC1CCCCC[C@@H](C(F)(F)F)C2NNC(O2)C2NC(N1)C(C(F)(F)F)CC2N. The van der Waals surface area contributed by atoms with Crippen LogP contribution in [-0.4, -0.2) is 62.8 Å². The summed E-state index contributed by atoms with van der Waals surface area (Å²) in [6, 6.07) is -2.18. The highest BCUT2D eigenvalue weighted by molar-refractivity contribution is 5.00. The van der Waals surface area contributed by atoms with Crippen LogP contribution in [0.5, 0.6) is 0 Å². The van der Waals surface area contributed by atoms with E-state index in [1.807, 2.05) is 0 Å². The Balaban J connectivity index is 1.85. The van der Waals surface area contributed by atoms with E-state index in [9.17, 15) is 26.3 Å². The maximum atomic E-state index is 13.7. The smallest absolute Gasteiger partial charge is 0.383 e. The van der Waals surface area contributed by atoms with Crippen molar-refractivity contribution in [2.45, 2.75) is 87.6 Å². The van der Waals surface area contributed by atoms with Gasteiger partial charge >= 0.3 is 12.4 Å². The van der Waals surface area contributed by atoms with Gasteiger partial charge in [-0.05, 0) is 19.3 Å². The van der Waals surface area contributed by atoms with E-state index >= 15 is 0 Å². The van der Waals surface area contributed by atoms with Crippen molar-refractivity contribution in [1.82, 2.24) is 21.5 Å². The second-order valence-corrected chi connectivity index (χ2v) is 8.59. The molecule has 3 saturated heterocycles. The lowest BCUT2D eigenvalue weighted by atomic mass is 9.86. The summed E-state index contributed by atoms with van der Waals surface area (Å²) in [5.74, 6) is -3.49. The number of hydrogen-bond donors (Lipinski definition) is 5. The number of piperidine rings is 1. The molecule has 3 heterocycles. The number of rotatable bonds is 2. The summed E-state index contributed by atoms with van der Waals surface area (Å²) in [6.45, 7) is 0.187. The summed E-state index contributed by atoms with van der Waals surface area (Å²) in [4.78, 5) is 0. The Morgan fingerprint density at radius 1 is 0.903 bits per heavy atom. The van der Waals surface area contributed by atoms with Crippen molar-refractivity contribution in [2.24, 2.45) is 17.6 Å². The van der Waals surface area contributed by atoms with Gasteiger partial charge < -0.3 is 15.2 Å². The number of ether oxygens (including phenoxy) is 2. The first-order chi connectivity index (χ1) is 14.5. The maximum absolute atomic E-state index is 13.7. The van der Waals surface area contributed by atoms with Crippen LogP contribution < -0.4 is 27.2 Å². The molecule has 7 nitrogen and oxygen atoms in total. The highest BCUT2D eigenvalue weighted by Crippen LogP contribution is 2.38. The van der Waals surface area contributed by atoms with Crippen molar-refractivity contribution in [3.63, 3.8) is 0 Å². The Morgan fingerprint density at radius 2 is 1.55 bits per heavy atom. The van der Waals surface area contributed by atoms with Crippen LogP contribution in [0.4, 0.5) is 26.3 Å². The first kappa shape index (κ1) is 24.9.